The second kappa shape index (κ2) is 6.76. The second-order valence-electron chi connectivity index (χ2n) is 6.58. The number of aromatic nitrogens is 2. The van der Waals surface area contributed by atoms with Crippen LogP contribution < -0.4 is 5.32 Å². The molecule has 7 heteroatoms. The minimum Gasteiger partial charge on any atom is -0.339 e. The van der Waals surface area contributed by atoms with E-state index in [2.05, 4.69) is 15.5 Å². The fourth-order valence-electron chi connectivity index (χ4n) is 3.47. The standard InChI is InChI=1S/C18H20N4O3/c23-17-13-5-1-2-6-14(13)18(24)22(17)9-7-15-20-16(25-21-15)10-12-4-3-8-19-11-12/h1-2,5-6,12,19H,3-4,7-11H2/t12-/m0/s1. The second-order valence-corrected chi connectivity index (χ2v) is 6.58. The van der Waals surface area contributed by atoms with Crippen LogP contribution in [0.2, 0.25) is 0 Å². The number of amides is 2. The van der Waals surface area contributed by atoms with Crippen LogP contribution in [0, 0.1) is 5.92 Å². The summed E-state index contributed by atoms with van der Waals surface area (Å²) < 4.78 is 5.32. The first-order chi connectivity index (χ1) is 12.2. The molecule has 25 heavy (non-hydrogen) atoms. The van der Waals surface area contributed by atoms with Crippen molar-refractivity contribution in [3.8, 4) is 0 Å². The predicted octanol–water partition coefficient (Wildman–Crippen LogP) is 1.45. The molecule has 0 saturated carbocycles. The third-order valence-electron chi connectivity index (χ3n) is 4.81. The molecule has 2 aliphatic rings. The molecule has 2 aromatic rings. The van der Waals surface area contributed by atoms with E-state index < -0.39 is 0 Å². The summed E-state index contributed by atoms with van der Waals surface area (Å²) in [5, 5.41) is 7.36. The molecule has 3 heterocycles. The van der Waals surface area contributed by atoms with Crippen LogP contribution in [0.25, 0.3) is 0 Å². The van der Waals surface area contributed by atoms with Crippen LogP contribution in [-0.2, 0) is 12.8 Å². The van der Waals surface area contributed by atoms with Gasteiger partial charge in [0.2, 0.25) is 5.89 Å². The molecule has 1 fully saturated rings. The van der Waals surface area contributed by atoms with Gasteiger partial charge in [-0.1, -0.05) is 17.3 Å². The lowest BCUT2D eigenvalue weighted by Gasteiger charge is -2.20. The number of carbonyl (C=O) groups excluding carboxylic acids is 2. The quantitative estimate of drug-likeness (QED) is 0.829. The minimum atomic E-state index is -0.252. The van der Waals surface area contributed by atoms with Crippen LogP contribution in [0.5, 0.6) is 0 Å². The molecule has 0 unspecified atom stereocenters. The molecule has 1 atom stereocenters. The number of nitrogens with one attached hydrogen (secondary N) is 1. The van der Waals surface area contributed by atoms with Gasteiger partial charge in [0.05, 0.1) is 11.1 Å². The largest absolute Gasteiger partial charge is 0.339 e. The molecule has 1 aromatic heterocycles. The Morgan fingerprint density at radius 2 is 1.96 bits per heavy atom. The van der Waals surface area contributed by atoms with Crippen molar-refractivity contribution < 1.29 is 14.1 Å². The highest BCUT2D eigenvalue weighted by Gasteiger charge is 2.34. The fraction of sp³-hybridized carbons (Fsp3) is 0.444. The van der Waals surface area contributed by atoms with Gasteiger partial charge in [0.25, 0.3) is 11.8 Å². The van der Waals surface area contributed by atoms with Crippen LogP contribution in [-0.4, -0.2) is 46.5 Å². The molecule has 1 saturated heterocycles. The van der Waals surface area contributed by atoms with Gasteiger partial charge in [-0.25, -0.2) is 0 Å². The molecule has 0 radical (unpaired) electrons. The molecule has 7 nitrogen and oxygen atoms in total. The SMILES string of the molecule is O=C1c2ccccc2C(=O)N1CCc1noc(C[C@@H]2CCCNC2)n1. The summed E-state index contributed by atoms with van der Waals surface area (Å²) in [6, 6.07) is 6.89. The Morgan fingerprint density at radius 3 is 2.64 bits per heavy atom. The van der Waals surface area contributed by atoms with Gasteiger partial charge in [0.1, 0.15) is 0 Å². The van der Waals surface area contributed by atoms with Crippen molar-refractivity contribution in [2.45, 2.75) is 25.7 Å². The van der Waals surface area contributed by atoms with E-state index >= 15 is 0 Å². The zero-order valence-corrected chi connectivity index (χ0v) is 13.9. The highest BCUT2D eigenvalue weighted by Crippen LogP contribution is 2.22. The Bertz CT molecular complexity index is 760. The van der Waals surface area contributed by atoms with E-state index in [-0.39, 0.29) is 18.4 Å². The van der Waals surface area contributed by atoms with Crippen molar-refractivity contribution in [3.63, 3.8) is 0 Å². The molecule has 4 rings (SSSR count). The maximum atomic E-state index is 12.3. The van der Waals surface area contributed by atoms with Crippen molar-refractivity contribution in [1.82, 2.24) is 20.4 Å². The predicted molar refractivity (Wildman–Crippen MR) is 89.1 cm³/mol. The molecular formula is C18H20N4O3. The third kappa shape index (κ3) is 3.19. The van der Waals surface area contributed by atoms with Crippen LogP contribution >= 0.6 is 0 Å². The highest BCUT2D eigenvalue weighted by molar-refractivity contribution is 6.21. The van der Waals surface area contributed by atoms with Crippen molar-refractivity contribution >= 4 is 11.8 Å². The van der Waals surface area contributed by atoms with Gasteiger partial charge in [-0.3, -0.25) is 14.5 Å². The first-order valence-electron chi connectivity index (χ1n) is 8.70. The summed E-state index contributed by atoms with van der Waals surface area (Å²) in [5.74, 6) is 1.19. The van der Waals surface area contributed by atoms with Gasteiger partial charge in [-0.2, -0.15) is 4.98 Å². The first-order valence-corrected chi connectivity index (χ1v) is 8.70. The van der Waals surface area contributed by atoms with E-state index in [0.717, 1.165) is 19.5 Å². The summed E-state index contributed by atoms with van der Waals surface area (Å²) in [4.78, 5) is 30.3. The lowest BCUT2D eigenvalue weighted by molar-refractivity contribution is 0.0655. The van der Waals surface area contributed by atoms with Crippen LogP contribution in [0.4, 0.5) is 0 Å². The monoisotopic (exact) mass is 340 g/mol. The molecule has 0 bridgehead atoms. The fourth-order valence-corrected chi connectivity index (χ4v) is 3.47. The maximum Gasteiger partial charge on any atom is 0.261 e. The zero-order chi connectivity index (χ0) is 17.2. The van der Waals surface area contributed by atoms with Crippen LogP contribution in [0.3, 0.4) is 0 Å². The number of piperidine rings is 1. The Balaban J connectivity index is 1.36. The molecule has 1 N–H and O–H groups in total. The van der Waals surface area contributed by atoms with Gasteiger partial charge in [0, 0.05) is 19.4 Å². The number of hydrogen-bond donors (Lipinski definition) is 1. The van der Waals surface area contributed by atoms with E-state index in [9.17, 15) is 9.59 Å². The van der Waals surface area contributed by atoms with Gasteiger partial charge in [-0.15, -0.1) is 0 Å². The number of rotatable bonds is 5. The van der Waals surface area contributed by atoms with Gasteiger partial charge >= 0.3 is 0 Å². The summed E-state index contributed by atoms with van der Waals surface area (Å²) in [7, 11) is 0. The number of nitrogens with zero attached hydrogens (tertiary/aromatic N) is 3. The van der Waals surface area contributed by atoms with Gasteiger partial charge in [-0.05, 0) is 44.0 Å². The molecule has 2 amide bonds. The third-order valence-corrected chi connectivity index (χ3v) is 4.81. The lowest BCUT2D eigenvalue weighted by Crippen LogP contribution is -2.32. The van der Waals surface area contributed by atoms with Crippen molar-refractivity contribution in [2.24, 2.45) is 5.92 Å². The molecule has 0 aliphatic carbocycles. The Hall–Kier alpha value is -2.54. The Labute approximate surface area is 145 Å². The van der Waals surface area contributed by atoms with E-state index in [0.29, 0.717) is 35.2 Å². The minimum absolute atomic E-state index is 0.252. The van der Waals surface area contributed by atoms with E-state index in [1.807, 2.05) is 0 Å². The molecule has 1 aromatic carbocycles. The maximum absolute atomic E-state index is 12.3. The van der Waals surface area contributed by atoms with Crippen molar-refractivity contribution in [3.05, 3.63) is 47.1 Å². The average molecular weight is 340 g/mol. The van der Waals surface area contributed by atoms with E-state index in [1.54, 1.807) is 24.3 Å². The normalized spacial score (nSPS) is 20.2. The van der Waals surface area contributed by atoms with E-state index in [4.69, 9.17) is 4.52 Å². The number of carbonyl (C=O) groups is 2. The number of benzene rings is 1. The summed E-state index contributed by atoms with van der Waals surface area (Å²) in [6.45, 7) is 2.31. The summed E-state index contributed by atoms with van der Waals surface area (Å²) >= 11 is 0. The average Bonchev–Trinajstić information content (AvgIpc) is 3.18. The molecule has 2 aliphatic heterocycles. The van der Waals surface area contributed by atoms with E-state index in [1.165, 1.54) is 17.7 Å². The van der Waals surface area contributed by atoms with Gasteiger partial charge < -0.3 is 9.84 Å². The first kappa shape index (κ1) is 16.0. The smallest absolute Gasteiger partial charge is 0.261 e. The Morgan fingerprint density at radius 1 is 1.20 bits per heavy atom. The molecule has 0 spiro atoms. The zero-order valence-electron chi connectivity index (χ0n) is 13.9. The van der Waals surface area contributed by atoms with Crippen LogP contribution in [0.15, 0.2) is 28.8 Å². The topological polar surface area (TPSA) is 88.3 Å². The van der Waals surface area contributed by atoms with Crippen molar-refractivity contribution in [1.29, 1.82) is 0 Å². The summed E-state index contributed by atoms with van der Waals surface area (Å²) in [5.41, 5.74) is 0.928. The molecular weight excluding hydrogens is 320 g/mol. The molecule has 130 valence electrons. The van der Waals surface area contributed by atoms with Gasteiger partial charge in [0.15, 0.2) is 5.82 Å². The Kier molecular flexibility index (Phi) is 4.31. The highest BCUT2D eigenvalue weighted by atomic mass is 16.5. The van der Waals surface area contributed by atoms with Crippen molar-refractivity contribution in [2.75, 3.05) is 19.6 Å². The lowest BCUT2D eigenvalue weighted by atomic mass is 9.96. The summed E-state index contributed by atoms with van der Waals surface area (Å²) in [6.07, 6.45) is 3.51. The van der Waals surface area contributed by atoms with Crippen LogP contribution in [0.1, 0.15) is 45.3 Å². The number of imide groups is 1. The number of hydrogen-bond acceptors (Lipinski definition) is 6. The number of fused-ring (bicyclic) bond motifs is 1.